The zero-order chi connectivity index (χ0) is 22.0. The number of nitrogens with zero attached hydrogens (tertiary/aromatic N) is 2. The van der Waals surface area contributed by atoms with Crippen molar-refractivity contribution in [3.05, 3.63) is 76.9 Å². The highest BCUT2D eigenvalue weighted by molar-refractivity contribution is 8.01. The fraction of sp³-hybridized carbons (Fsp3) is 0.174. The third-order valence-electron chi connectivity index (χ3n) is 5.03. The number of rotatable bonds is 4. The van der Waals surface area contributed by atoms with Crippen LogP contribution < -0.4 is 9.62 Å². The zero-order valence-corrected chi connectivity index (χ0v) is 18.6. The summed E-state index contributed by atoms with van der Waals surface area (Å²) in [5, 5.41) is 3.17. The fourth-order valence-corrected chi connectivity index (χ4v) is 5.10. The number of benzene rings is 2. The van der Waals surface area contributed by atoms with Crippen molar-refractivity contribution in [2.75, 3.05) is 28.7 Å². The number of aryl methyl sites for hydroxylation is 1. The normalized spacial score (nSPS) is 18.6. The molecule has 1 saturated heterocycles. The first-order chi connectivity index (χ1) is 14.8. The Morgan fingerprint density at radius 2 is 2.06 bits per heavy atom. The molecule has 0 radical (unpaired) electrons. The lowest BCUT2D eigenvalue weighted by Crippen LogP contribution is -2.41. The predicted octanol–water partition coefficient (Wildman–Crippen LogP) is 4.39. The van der Waals surface area contributed by atoms with Gasteiger partial charge in [0.1, 0.15) is 5.94 Å². The van der Waals surface area contributed by atoms with E-state index in [2.05, 4.69) is 16.2 Å². The highest BCUT2D eigenvalue weighted by Gasteiger charge is 2.23. The summed E-state index contributed by atoms with van der Waals surface area (Å²) < 4.78 is 19.6. The number of carbonyl (C=O) groups excluding carboxylic acids is 1. The molecule has 1 aromatic heterocycles. The van der Waals surface area contributed by atoms with Crippen molar-refractivity contribution in [1.82, 2.24) is 4.98 Å². The summed E-state index contributed by atoms with van der Waals surface area (Å²) in [5.74, 6) is 3.51. The van der Waals surface area contributed by atoms with E-state index in [4.69, 9.17) is 16.3 Å². The average molecular weight is 456 g/mol. The molecule has 1 N–H and O–H groups in total. The highest BCUT2D eigenvalue weighted by Crippen LogP contribution is 2.29. The number of hydrogen-bond acceptors (Lipinski definition) is 4. The van der Waals surface area contributed by atoms with Gasteiger partial charge in [0.25, 0.3) is 5.91 Å². The number of pyridine rings is 1. The molecule has 1 atom stereocenters. The number of nitrogens with one attached hydrogen (secondary N) is 1. The van der Waals surface area contributed by atoms with Gasteiger partial charge in [-0.05, 0) is 60.8 Å². The molecule has 160 valence electrons. The minimum atomic E-state index is -2.56. The molecule has 31 heavy (non-hydrogen) atoms. The van der Waals surface area contributed by atoms with E-state index in [0.717, 1.165) is 16.8 Å². The van der Waals surface area contributed by atoms with Gasteiger partial charge in [-0.2, -0.15) is 0 Å². The third-order valence-corrected chi connectivity index (χ3v) is 7.07. The topological polar surface area (TPSA) is 71.5 Å². The van der Waals surface area contributed by atoms with Crippen LogP contribution in [0.4, 0.5) is 11.4 Å². The Bertz CT molecular complexity index is 1230. The first-order valence-electron chi connectivity index (χ1n) is 9.68. The van der Waals surface area contributed by atoms with Gasteiger partial charge in [-0.3, -0.25) is 14.1 Å². The maximum atomic E-state index is 12.9. The van der Waals surface area contributed by atoms with E-state index in [0.29, 0.717) is 30.1 Å². The number of carbonyl (C=O) groups is 1. The lowest BCUT2D eigenvalue weighted by molar-refractivity contribution is 0.102. The van der Waals surface area contributed by atoms with Gasteiger partial charge in [-0.1, -0.05) is 23.7 Å². The number of anilines is 2. The molecule has 0 spiro atoms. The van der Waals surface area contributed by atoms with Gasteiger partial charge in [0.2, 0.25) is 0 Å². The smallest absolute Gasteiger partial charge is 0.257 e. The lowest BCUT2D eigenvalue weighted by Gasteiger charge is -2.32. The van der Waals surface area contributed by atoms with E-state index in [9.17, 15) is 9.00 Å². The number of amides is 1. The second kappa shape index (κ2) is 8.70. The second-order valence-corrected chi connectivity index (χ2v) is 9.89. The van der Waals surface area contributed by atoms with E-state index >= 15 is 0 Å². The monoisotopic (exact) mass is 455 g/mol. The van der Waals surface area contributed by atoms with Gasteiger partial charge < -0.3 is 10.1 Å². The quantitative estimate of drug-likeness (QED) is 0.592. The first kappa shape index (κ1) is 21.4. The Morgan fingerprint density at radius 1 is 1.23 bits per heavy atom. The molecule has 6 nitrogen and oxygen atoms in total. The zero-order valence-electron chi connectivity index (χ0n) is 17.0. The summed E-state index contributed by atoms with van der Waals surface area (Å²) in [5.41, 5.74) is 4.46. The summed E-state index contributed by atoms with van der Waals surface area (Å²) in [6.07, 6.45) is 1.74. The number of halogens is 1. The van der Waals surface area contributed by atoms with Gasteiger partial charge >= 0.3 is 0 Å². The molecule has 1 fully saturated rings. The number of ether oxygens (including phenoxy) is 1. The minimum absolute atomic E-state index is 0.0683. The van der Waals surface area contributed by atoms with E-state index in [1.54, 1.807) is 28.7 Å². The lowest BCUT2D eigenvalue weighted by atomic mass is 10.0. The largest absolute Gasteiger partial charge is 0.365 e. The van der Waals surface area contributed by atoms with Crippen molar-refractivity contribution in [2.24, 2.45) is 0 Å². The Kier molecular flexibility index (Phi) is 6.00. The van der Waals surface area contributed by atoms with Gasteiger partial charge in [0, 0.05) is 17.4 Å². The molecule has 4 rings (SSSR count). The molecular formula is C23H22ClN3O3S. The Labute approximate surface area is 187 Å². The van der Waals surface area contributed by atoms with Crippen molar-refractivity contribution in [2.45, 2.75) is 6.92 Å². The van der Waals surface area contributed by atoms with Crippen LogP contribution in [-0.4, -0.2) is 40.1 Å². The van der Waals surface area contributed by atoms with Gasteiger partial charge in [0.05, 0.1) is 44.8 Å². The van der Waals surface area contributed by atoms with E-state index < -0.39 is 9.71 Å². The maximum Gasteiger partial charge on any atom is 0.257 e. The van der Waals surface area contributed by atoms with Crippen molar-refractivity contribution < 1.29 is 13.7 Å². The van der Waals surface area contributed by atoms with Crippen LogP contribution in [0.25, 0.3) is 11.3 Å². The number of hydrogen-bond donors (Lipinski definition) is 1. The molecule has 2 heterocycles. The van der Waals surface area contributed by atoms with Crippen LogP contribution in [0.2, 0.25) is 5.02 Å². The Balaban J connectivity index is 1.57. The van der Waals surface area contributed by atoms with Crippen LogP contribution in [0, 0.1) is 6.92 Å². The fourth-order valence-electron chi connectivity index (χ4n) is 3.43. The molecule has 1 aliphatic heterocycles. The maximum absolute atomic E-state index is 12.9. The average Bonchev–Trinajstić information content (AvgIpc) is 2.75. The van der Waals surface area contributed by atoms with Crippen molar-refractivity contribution in [3.8, 4) is 11.3 Å². The van der Waals surface area contributed by atoms with Crippen molar-refractivity contribution >= 4 is 44.5 Å². The molecule has 0 aliphatic carbocycles. The van der Waals surface area contributed by atoms with Gasteiger partial charge in [-0.25, -0.2) is 4.21 Å². The van der Waals surface area contributed by atoms with E-state index in [-0.39, 0.29) is 16.9 Å². The second-order valence-electron chi connectivity index (χ2n) is 7.26. The third kappa shape index (κ3) is 4.58. The summed E-state index contributed by atoms with van der Waals surface area (Å²) in [6.45, 7) is 2.90. The van der Waals surface area contributed by atoms with Crippen LogP contribution in [-0.2, 0) is 14.4 Å². The first-order valence-corrected chi connectivity index (χ1v) is 11.9. The van der Waals surface area contributed by atoms with E-state index in [1.807, 2.05) is 43.3 Å². The minimum Gasteiger partial charge on any atom is -0.365 e. The molecule has 3 aromatic rings. The molecular weight excluding hydrogens is 434 g/mol. The Hall–Kier alpha value is -2.87. The van der Waals surface area contributed by atoms with Crippen LogP contribution >= 0.6 is 11.6 Å². The van der Waals surface area contributed by atoms with Crippen LogP contribution in [0.3, 0.4) is 0 Å². The number of aromatic nitrogens is 1. The molecule has 1 amide bonds. The van der Waals surface area contributed by atoms with Crippen molar-refractivity contribution in [1.29, 1.82) is 0 Å². The van der Waals surface area contributed by atoms with Crippen LogP contribution in [0.5, 0.6) is 0 Å². The molecule has 0 bridgehead atoms. The molecule has 8 heteroatoms. The molecule has 1 aliphatic rings. The summed E-state index contributed by atoms with van der Waals surface area (Å²) in [4.78, 5) is 17.3. The SMILES string of the molecule is C=S1(=O)COCCN1c1ccc(C(=O)Nc2ccc(C)c(-c3ccccn3)c2)c(Cl)c1. The molecule has 0 saturated carbocycles. The van der Waals surface area contributed by atoms with Crippen LogP contribution in [0.1, 0.15) is 15.9 Å². The molecule has 1 unspecified atom stereocenters. The summed E-state index contributed by atoms with van der Waals surface area (Å²) >= 11 is 6.41. The molecule has 2 aromatic carbocycles. The van der Waals surface area contributed by atoms with Crippen molar-refractivity contribution in [3.63, 3.8) is 0 Å². The summed E-state index contributed by atoms with van der Waals surface area (Å²) in [7, 11) is -2.56. The van der Waals surface area contributed by atoms with Gasteiger partial charge in [0.15, 0.2) is 0 Å². The standard InChI is InChI=1S/C23H22ClN3O3S/c1-16-6-7-17(13-20(16)22-5-3-4-10-25-22)26-23(28)19-9-8-18(14-21(19)24)27-11-12-30-15-31(27,2)29/h3-10,13-14H,2,11-12,15H2,1H3,(H,26,28). The van der Waals surface area contributed by atoms with Crippen LogP contribution in [0.15, 0.2) is 60.8 Å². The van der Waals surface area contributed by atoms with Gasteiger partial charge in [-0.15, -0.1) is 0 Å². The van der Waals surface area contributed by atoms with E-state index in [1.165, 1.54) is 0 Å². The predicted molar refractivity (Wildman–Crippen MR) is 127 cm³/mol. The Morgan fingerprint density at radius 3 is 2.77 bits per heavy atom. The highest BCUT2D eigenvalue weighted by atomic mass is 35.5. The summed E-state index contributed by atoms with van der Waals surface area (Å²) in [6, 6.07) is 16.4.